The van der Waals surface area contributed by atoms with Crippen LogP contribution in [-0.4, -0.2) is 23.8 Å². The number of carbonyl (C=O) groups is 1. The fourth-order valence-electron chi connectivity index (χ4n) is 2.59. The summed E-state index contributed by atoms with van der Waals surface area (Å²) in [7, 11) is 0. The SMILES string of the molecule is CCOc1cccc(C(=O)O)c1OC1CCC(C)CC1. The molecule has 0 heterocycles. The maximum atomic E-state index is 11.3. The first-order chi connectivity index (χ1) is 9.61. The molecule has 1 N–H and O–H groups in total. The zero-order valence-corrected chi connectivity index (χ0v) is 12.1. The molecule has 0 bridgehead atoms. The lowest BCUT2D eigenvalue weighted by Crippen LogP contribution is -2.24. The second-order valence-electron chi connectivity index (χ2n) is 5.37. The van der Waals surface area contributed by atoms with Crippen LogP contribution in [0.3, 0.4) is 0 Å². The molecule has 20 heavy (non-hydrogen) atoms. The molecule has 1 aliphatic rings. The first-order valence-corrected chi connectivity index (χ1v) is 7.27. The van der Waals surface area contributed by atoms with Crippen molar-refractivity contribution in [2.75, 3.05) is 6.61 Å². The van der Waals surface area contributed by atoms with E-state index in [4.69, 9.17) is 9.47 Å². The van der Waals surface area contributed by atoms with Crippen molar-refractivity contribution in [1.82, 2.24) is 0 Å². The Labute approximate surface area is 119 Å². The van der Waals surface area contributed by atoms with Crippen molar-refractivity contribution in [2.45, 2.75) is 45.6 Å². The normalized spacial score (nSPS) is 22.3. The van der Waals surface area contributed by atoms with Crippen LogP contribution < -0.4 is 9.47 Å². The minimum absolute atomic E-state index is 0.0888. The molecule has 0 aliphatic heterocycles. The standard InChI is InChI=1S/C16H22O4/c1-3-19-14-6-4-5-13(16(17)18)15(14)20-12-9-7-11(2)8-10-12/h4-6,11-12H,3,7-10H2,1-2H3,(H,17,18). The molecule has 0 radical (unpaired) electrons. The third kappa shape index (κ3) is 3.44. The Bertz CT molecular complexity index is 462. The molecule has 1 fully saturated rings. The van der Waals surface area contributed by atoms with E-state index < -0.39 is 5.97 Å². The topological polar surface area (TPSA) is 55.8 Å². The number of ether oxygens (including phenoxy) is 2. The highest BCUT2D eigenvalue weighted by molar-refractivity contribution is 5.92. The predicted molar refractivity (Wildman–Crippen MR) is 76.6 cm³/mol. The summed E-state index contributed by atoms with van der Waals surface area (Å²) in [6.07, 6.45) is 4.29. The van der Waals surface area contributed by atoms with E-state index in [-0.39, 0.29) is 11.7 Å². The third-order valence-corrected chi connectivity index (χ3v) is 3.76. The van der Waals surface area contributed by atoms with Crippen molar-refractivity contribution >= 4 is 5.97 Å². The van der Waals surface area contributed by atoms with E-state index in [0.29, 0.717) is 18.1 Å². The molecule has 4 nitrogen and oxygen atoms in total. The Balaban J connectivity index is 2.21. The van der Waals surface area contributed by atoms with Gasteiger partial charge in [0.15, 0.2) is 11.5 Å². The molecule has 1 saturated carbocycles. The van der Waals surface area contributed by atoms with Crippen LogP contribution in [0.1, 0.15) is 49.9 Å². The summed E-state index contributed by atoms with van der Waals surface area (Å²) in [5.74, 6) is 0.647. The molecule has 1 aromatic carbocycles. The van der Waals surface area contributed by atoms with Crippen molar-refractivity contribution in [3.8, 4) is 11.5 Å². The average molecular weight is 278 g/mol. The van der Waals surface area contributed by atoms with E-state index in [1.54, 1.807) is 18.2 Å². The molecule has 0 amide bonds. The second-order valence-corrected chi connectivity index (χ2v) is 5.37. The number of aromatic carboxylic acids is 1. The first kappa shape index (κ1) is 14.7. The van der Waals surface area contributed by atoms with E-state index >= 15 is 0 Å². The molecule has 0 spiro atoms. The number of rotatable bonds is 5. The number of carboxylic acid groups (broad SMARTS) is 1. The smallest absolute Gasteiger partial charge is 0.339 e. The van der Waals surface area contributed by atoms with E-state index in [9.17, 15) is 9.90 Å². The van der Waals surface area contributed by atoms with E-state index in [0.717, 1.165) is 31.6 Å². The summed E-state index contributed by atoms with van der Waals surface area (Å²) >= 11 is 0. The summed E-state index contributed by atoms with van der Waals surface area (Å²) in [5, 5.41) is 9.29. The summed E-state index contributed by atoms with van der Waals surface area (Å²) < 4.78 is 11.5. The number of hydrogen-bond donors (Lipinski definition) is 1. The van der Waals surface area contributed by atoms with Crippen molar-refractivity contribution in [2.24, 2.45) is 5.92 Å². The van der Waals surface area contributed by atoms with Gasteiger partial charge in [0, 0.05) is 0 Å². The van der Waals surface area contributed by atoms with Gasteiger partial charge in [-0.25, -0.2) is 4.79 Å². The largest absolute Gasteiger partial charge is 0.490 e. The first-order valence-electron chi connectivity index (χ1n) is 7.27. The third-order valence-electron chi connectivity index (χ3n) is 3.76. The molecule has 0 atom stereocenters. The lowest BCUT2D eigenvalue weighted by Gasteiger charge is -2.28. The molecular formula is C16H22O4. The summed E-state index contributed by atoms with van der Waals surface area (Å²) in [6.45, 7) is 4.60. The van der Waals surface area contributed by atoms with Crippen LogP contribution in [0.2, 0.25) is 0 Å². The Kier molecular flexibility index (Phi) is 4.88. The Morgan fingerprint density at radius 3 is 2.60 bits per heavy atom. The molecule has 1 aliphatic carbocycles. The minimum Gasteiger partial charge on any atom is -0.490 e. The highest BCUT2D eigenvalue weighted by atomic mass is 16.5. The number of para-hydroxylation sites is 1. The zero-order chi connectivity index (χ0) is 14.5. The minimum atomic E-state index is -0.981. The molecule has 2 rings (SSSR count). The van der Waals surface area contributed by atoms with Gasteiger partial charge < -0.3 is 14.6 Å². The number of benzene rings is 1. The van der Waals surface area contributed by atoms with Gasteiger partial charge in [0.25, 0.3) is 0 Å². The van der Waals surface area contributed by atoms with Crippen molar-refractivity contribution in [3.05, 3.63) is 23.8 Å². The van der Waals surface area contributed by atoms with Crippen LogP contribution >= 0.6 is 0 Å². The lowest BCUT2D eigenvalue weighted by atomic mass is 9.89. The van der Waals surface area contributed by atoms with Crippen LogP contribution in [0.4, 0.5) is 0 Å². The van der Waals surface area contributed by atoms with Gasteiger partial charge in [-0.15, -0.1) is 0 Å². The van der Waals surface area contributed by atoms with E-state index in [1.807, 2.05) is 6.92 Å². The Morgan fingerprint density at radius 2 is 2.00 bits per heavy atom. The molecule has 4 heteroatoms. The van der Waals surface area contributed by atoms with Crippen LogP contribution in [0.5, 0.6) is 11.5 Å². The number of hydrogen-bond acceptors (Lipinski definition) is 3. The lowest BCUT2D eigenvalue weighted by molar-refractivity contribution is 0.0681. The maximum Gasteiger partial charge on any atom is 0.339 e. The quantitative estimate of drug-likeness (QED) is 0.891. The van der Waals surface area contributed by atoms with Crippen molar-refractivity contribution < 1.29 is 19.4 Å². The Hall–Kier alpha value is -1.71. The molecule has 0 saturated heterocycles. The summed E-state index contributed by atoms with van der Waals surface area (Å²) in [6, 6.07) is 5.01. The van der Waals surface area contributed by atoms with Crippen molar-refractivity contribution in [3.63, 3.8) is 0 Å². The highest BCUT2D eigenvalue weighted by Gasteiger charge is 2.24. The van der Waals surface area contributed by atoms with Crippen molar-refractivity contribution in [1.29, 1.82) is 0 Å². The monoisotopic (exact) mass is 278 g/mol. The van der Waals surface area contributed by atoms with Crippen LogP contribution in [0, 0.1) is 5.92 Å². The second kappa shape index (κ2) is 6.64. The molecule has 1 aromatic rings. The molecule has 0 unspecified atom stereocenters. The highest BCUT2D eigenvalue weighted by Crippen LogP contribution is 2.35. The Morgan fingerprint density at radius 1 is 1.30 bits per heavy atom. The van der Waals surface area contributed by atoms with Gasteiger partial charge in [-0.05, 0) is 50.7 Å². The number of carboxylic acids is 1. The summed E-state index contributed by atoms with van der Waals surface area (Å²) in [4.78, 5) is 11.3. The summed E-state index contributed by atoms with van der Waals surface area (Å²) in [5.41, 5.74) is 0.176. The van der Waals surface area contributed by atoms with Crippen LogP contribution in [0.15, 0.2) is 18.2 Å². The maximum absolute atomic E-state index is 11.3. The van der Waals surface area contributed by atoms with Gasteiger partial charge in [0.1, 0.15) is 5.56 Å². The van der Waals surface area contributed by atoms with E-state index in [1.165, 1.54) is 0 Å². The van der Waals surface area contributed by atoms with Gasteiger partial charge in [-0.2, -0.15) is 0 Å². The van der Waals surface area contributed by atoms with E-state index in [2.05, 4.69) is 6.92 Å². The van der Waals surface area contributed by atoms with Crippen LogP contribution in [0.25, 0.3) is 0 Å². The zero-order valence-electron chi connectivity index (χ0n) is 12.1. The van der Waals surface area contributed by atoms with Gasteiger partial charge in [-0.3, -0.25) is 0 Å². The fraction of sp³-hybridized carbons (Fsp3) is 0.562. The molecule has 0 aromatic heterocycles. The molecule has 110 valence electrons. The van der Waals surface area contributed by atoms with Gasteiger partial charge in [0.2, 0.25) is 0 Å². The van der Waals surface area contributed by atoms with Crippen LogP contribution in [-0.2, 0) is 0 Å². The molecular weight excluding hydrogens is 256 g/mol. The van der Waals surface area contributed by atoms with Gasteiger partial charge in [0.05, 0.1) is 12.7 Å². The van der Waals surface area contributed by atoms with Gasteiger partial charge in [-0.1, -0.05) is 13.0 Å². The average Bonchev–Trinajstić information content (AvgIpc) is 2.43. The van der Waals surface area contributed by atoms with Gasteiger partial charge >= 0.3 is 5.97 Å². The predicted octanol–water partition coefficient (Wildman–Crippen LogP) is 3.74. The fourth-order valence-corrected chi connectivity index (χ4v) is 2.59.